The Bertz CT molecular complexity index is 698. The number of hydrogen-bond donors (Lipinski definition) is 1. The minimum atomic E-state index is -1.01. The van der Waals surface area contributed by atoms with Gasteiger partial charge < -0.3 is 14.7 Å². The van der Waals surface area contributed by atoms with E-state index in [2.05, 4.69) is 0 Å². The lowest BCUT2D eigenvalue weighted by Crippen LogP contribution is -2.49. The summed E-state index contributed by atoms with van der Waals surface area (Å²) in [6.45, 7) is 1.53. The molecule has 1 fully saturated rings. The summed E-state index contributed by atoms with van der Waals surface area (Å²) in [7, 11) is 0. The lowest BCUT2D eigenvalue weighted by Gasteiger charge is -2.35. The maximum absolute atomic E-state index is 12.7. The third kappa shape index (κ3) is 3.60. The van der Waals surface area contributed by atoms with Crippen LogP contribution in [-0.2, 0) is 11.2 Å². The molecule has 1 amide bonds. The zero-order valence-corrected chi connectivity index (χ0v) is 13.3. The summed E-state index contributed by atoms with van der Waals surface area (Å²) in [5.74, 6) is -1.13. The van der Waals surface area contributed by atoms with E-state index in [0.717, 1.165) is 12.0 Å². The van der Waals surface area contributed by atoms with Crippen LogP contribution >= 0.6 is 11.3 Å². The van der Waals surface area contributed by atoms with Gasteiger partial charge in [-0.25, -0.2) is 4.79 Å². The van der Waals surface area contributed by atoms with Gasteiger partial charge >= 0.3 is 5.97 Å². The van der Waals surface area contributed by atoms with E-state index in [1.807, 2.05) is 30.3 Å². The normalized spacial score (nSPS) is 17.9. The van der Waals surface area contributed by atoms with Crippen LogP contribution in [0, 0.1) is 0 Å². The number of aromatic carboxylic acids is 1. The molecule has 1 aromatic carbocycles. The van der Waals surface area contributed by atoms with Gasteiger partial charge in [0, 0.05) is 11.9 Å². The lowest BCUT2D eigenvalue weighted by atomic mass is 10.0. The maximum atomic E-state index is 12.7. The second-order valence-electron chi connectivity index (χ2n) is 5.42. The quantitative estimate of drug-likeness (QED) is 0.935. The average molecular weight is 331 g/mol. The highest BCUT2D eigenvalue weighted by Gasteiger charge is 2.29. The number of thiophene rings is 1. The summed E-state index contributed by atoms with van der Waals surface area (Å²) in [5.41, 5.74) is 1.31. The molecule has 0 aliphatic carbocycles. The summed E-state index contributed by atoms with van der Waals surface area (Å²) in [5, 5.41) is 10.5. The second-order valence-corrected chi connectivity index (χ2v) is 6.33. The number of rotatable bonds is 4. The summed E-state index contributed by atoms with van der Waals surface area (Å²) in [6.07, 6.45) is 0.726. The molecule has 0 radical (unpaired) electrons. The Morgan fingerprint density at radius 1 is 1.30 bits per heavy atom. The molecule has 0 unspecified atom stereocenters. The number of ether oxygens (including phenoxy) is 1. The van der Waals surface area contributed by atoms with Crippen LogP contribution in [0.4, 0.5) is 0 Å². The third-order valence-corrected chi connectivity index (χ3v) is 4.78. The number of nitrogens with zero attached hydrogens (tertiary/aromatic N) is 1. The van der Waals surface area contributed by atoms with Crippen LogP contribution in [-0.4, -0.2) is 47.7 Å². The third-order valence-electron chi connectivity index (χ3n) is 3.86. The minimum Gasteiger partial charge on any atom is -0.478 e. The monoisotopic (exact) mass is 331 g/mol. The molecular formula is C17H17NO4S. The van der Waals surface area contributed by atoms with Crippen LogP contribution in [0.15, 0.2) is 41.8 Å². The molecule has 1 atom stereocenters. The van der Waals surface area contributed by atoms with Crippen molar-refractivity contribution in [3.05, 3.63) is 57.8 Å². The van der Waals surface area contributed by atoms with Crippen LogP contribution in [0.1, 0.15) is 25.6 Å². The molecular weight excluding hydrogens is 314 g/mol. The zero-order valence-electron chi connectivity index (χ0n) is 12.5. The number of carbonyl (C=O) groups excluding carboxylic acids is 1. The van der Waals surface area contributed by atoms with Gasteiger partial charge in [-0.2, -0.15) is 0 Å². The van der Waals surface area contributed by atoms with E-state index in [4.69, 9.17) is 9.84 Å². The van der Waals surface area contributed by atoms with Gasteiger partial charge in [0.05, 0.1) is 29.7 Å². The van der Waals surface area contributed by atoms with Crippen LogP contribution < -0.4 is 0 Å². The van der Waals surface area contributed by atoms with E-state index in [1.165, 1.54) is 22.8 Å². The highest BCUT2D eigenvalue weighted by Crippen LogP contribution is 2.21. The first kappa shape index (κ1) is 15.7. The molecule has 120 valence electrons. The molecule has 0 spiro atoms. The molecule has 5 nitrogen and oxygen atoms in total. The van der Waals surface area contributed by atoms with Gasteiger partial charge in [0.25, 0.3) is 5.91 Å². The molecule has 23 heavy (non-hydrogen) atoms. The van der Waals surface area contributed by atoms with Crippen LogP contribution in [0.3, 0.4) is 0 Å². The highest BCUT2D eigenvalue weighted by atomic mass is 32.1. The lowest BCUT2D eigenvalue weighted by molar-refractivity contribution is -0.00137. The first-order valence-electron chi connectivity index (χ1n) is 7.39. The fourth-order valence-corrected chi connectivity index (χ4v) is 3.52. The predicted molar refractivity (Wildman–Crippen MR) is 87.1 cm³/mol. The molecule has 2 heterocycles. The largest absolute Gasteiger partial charge is 0.478 e. The van der Waals surface area contributed by atoms with Crippen LogP contribution in [0.25, 0.3) is 0 Å². The van der Waals surface area contributed by atoms with Crippen molar-refractivity contribution in [2.75, 3.05) is 19.8 Å². The molecule has 2 aromatic rings. The SMILES string of the molecule is O=C(O)c1csc(C(=O)N2CCOC[C@@H]2Cc2ccccc2)c1. The van der Waals surface area contributed by atoms with Crippen molar-refractivity contribution in [2.24, 2.45) is 0 Å². The number of morpholine rings is 1. The van der Waals surface area contributed by atoms with E-state index in [1.54, 1.807) is 4.90 Å². The average Bonchev–Trinajstić information content (AvgIpc) is 3.06. The molecule has 6 heteroatoms. The molecule has 1 aliphatic heterocycles. The Morgan fingerprint density at radius 3 is 2.78 bits per heavy atom. The second kappa shape index (κ2) is 6.93. The number of benzene rings is 1. The minimum absolute atomic E-state index is 0.0333. The number of carbonyl (C=O) groups is 2. The maximum Gasteiger partial charge on any atom is 0.336 e. The van der Waals surface area contributed by atoms with Crippen molar-refractivity contribution in [2.45, 2.75) is 12.5 Å². The molecule has 1 aromatic heterocycles. The van der Waals surface area contributed by atoms with Crippen LogP contribution in [0.5, 0.6) is 0 Å². The van der Waals surface area contributed by atoms with E-state index in [0.29, 0.717) is 24.6 Å². The summed E-state index contributed by atoms with van der Waals surface area (Å²) in [4.78, 5) is 26.0. The van der Waals surface area contributed by atoms with Gasteiger partial charge in [-0.15, -0.1) is 11.3 Å². The first-order chi connectivity index (χ1) is 11.1. The molecule has 1 N–H and O–H groups in total. The van der Waals surface area contributed by atoms with Crippen molar-refractivity contribution in [1.82, 2.24) is 4.90 Å². The van der Waals surface area contributed by atoms with Gasteiger partial charge in [-0.1, -0.05) is 30.3 Å². The fraction of sp³-hybridized carbons (Fsp3) is 0.294. The summed E-state index contributed by atoms with van der Waals surface area (Å²) >= 11 is 1.18. The van der Waals surface area contributed by atoms with Gasteiger partial charge in [-0.3, -0.25) is 4.79 Å². The van der Waals surface area contributed by atoms with E-state index >= 15 is 0 Å². The van der Waals surface area contributed by atoms with E-state index in [9.17, 15) is 9.59 Å². The Hall–Kier alpha value is -2.18. The van der Waals surface area contributed by atoms with Crippen molar-refractivity contribution < 1.29 is 19.4 Å². The Morgan fingerprint density at radius 2 is 2.09 bits per heavy atom. The number of hydrogen-bond acceptors (Lipinski definition) is 4. The smallest absolute Gasteiger partial charge is 0.336 e. The first-order valence-corrected chi connectivity index (χ1v) is 8.27. The standard InChI is InChI=1S/C17H17NO4S/c19-16(15-9-13(11-23-15)17(20)21)18-6-7-22-10-14(18)8-12-4-2-1-3-5-12/h1-5,9,11,14H,6-8,10H2,(H,20,21)/t14-/m0/s1. The van der Waals surface area contributed by atoms with Crippen molar-refractivity contribution in [1.29, 1.82) is 0 Å². The van der Waals surface area contributed by atoms with E-state index in [-0.39, 0.29) is 17.5 Å². The zero-order chi connectivity index (χ0) is 16.2. The highest BCUT2D eigenvalue weighted by molar-refractivity contribution is 7.12. The molecule has 0 bridgehead atoms. The van der Waals surface area contributed by atoms with E-state index < -0.39 is 5.97 Å². The van der Waals surface area contributed by atoms with Crippen LogP contribution in [0.2, 0.25) is 0 Å². The van der Waals surface area contributed by atoms with Crippen molar-refractivity contribution in [3.8, 4) is 0 Å². The number of carboxylic acid groups (broad SMARTS) is 1. The molecule has 1 saturated heterocycles. The van der Waals surface area contributed by atoms with Gasteiger partial charge in [-0.05, 0) is 18.1 Å². The summed E-state index contributed by atoms with van der Waals surface area (Å²) < 4.78 is 5.53. The van der Waals surface area contributed by atoms with Gasteiger partial charge in [0.1, 0.15) is 0 Å². The molecule has 0 saturated carbocycles. The number of amides is 1. The summed E-state index contributed by atoms with van der Waals surface area (Å²) in [6, 6.07) is 11.4. The van der Waals surface area contributed by atoms with Crippen molar-refractivity contribution in [3.63, 3.8) is 0 Å². The van der Waals surface area contributed by atoms with Gasteiger partial charge in [0.2, 0.25) is 0 Å². The number of carboxylic acids is 1. The Kier molecular flexibility index (Phi) is 4.73. The van der Waals surface area contributed by atoms with Gasteiger partial charge in [0.15, 0.2) is 0 Å². The molecule has 1 aliphatic rings. The predicted octanol–water partition coefficient (Wildman–Crippen LogP) is 2.53. The topological polar surface area (TPSA) is 66.8 Å². The fourth-order valence-electron chi connectivity index (χ4n) is 2.68. The molecule has 3 rings (SSSR count). The Balaban J connectivity index is 1.77. The van der Waals surface area contributed by atoms with Crippen molar-refractivity contribution >= 4 is 23.2 Å². The Labute approximate surface area is 138 Å².